The number of nitrogens with one attached hydrogen (secondary N) is 1. The highest BCUT2D eigenvalue weighted by Gasteiger charge is 2.26. The van der Waals surface area contributed by atoms with Crippen LogP contribution in [0.3, 0.4) is 0 Å². The number of carbonyl (C=O) groups is 2. The third-order valence-corrected chi connectivity index (χ3v) is 5.03. The van der Waals surface area contributed by atoms with Gasteiger partial charge in [0.2, 0.25) is 5.91 Å². The maximum absolute atomic E-state index is 12.8. The average Bonchev–Trinajstić information content (AvgIpc) is 2.97. The van der Waals surface area contributed by atoms with Crippen LogP contribution in [0, 0.1) is 6.92 Å². The average molecular weight is 405 g/mol. The van der Waals surface area contributed by atoms with Crippen LogP contribution in [0.1, 0.15) is 35.8 Å². The highest BCUT2D eigenvalue weighted by molar-refractivity contribution is 9.10. The summed E-state index contributed by atoms with van der Waals surface area (Å²) >= 11 is 3.42. The molecule has 0 bridgehead atoms. The standard InChI is InChI=1S/C18H21BrN4O2/c1-12-17(11-20-23(12)16-5-3-14(19)4-6-16)18(25)22-9-7-15(8-10-22)21-13(2)24/h3-6,11,15H,7-10H2,1-2H3,(H,21,24). The molecule has 0 spiro atoms. The molecule has 0 radical (unpaired) electrons. The van der Waals surface area contributed by atoms with Gasteiger partial charge in [0, 0.05) is 30.5 Å². The lowest BCUT2D eigenvalue weighted by molar-refractivity contribution is -0.119. The van der Waals surface area contributed by atoms with Crippen LogP contribution in [0.25, 0.3) is 5.69 Å². The third-order valence-electron chi connectivity index (χ3n) is 4.50. The molecule has 25 heavy (non-hydrogen) atoms. The van der Waals surface area contributed by atoms with Gasteiger partial charge in [-0.2, -0.15) is 5.10 Å². The summed E-state index contributed by atoms with van der Waals surface area (Å²) in [6, 6.07) is 7.97. The maximum atomic E-state index is 12.8. The van der Waals surface area contributed by atoms with Gasteiger partial charge in [-0.3, -0.25) is 9.59 Å². The predicted molar refractivity (Wildman–Crippen MR) is 98.7 cm³/mol. The zero-order valence-electron chi connectivity index (χ0n) is 14.3. The van der Waals surface area contributed by atoms with Crippen LogP contribution in [-0.2, 0) is 4.79 Å². The van der Waals surface area contributed by atoms with E-state index < -0.39 is 0 Å². The van der Waals surface area contributed by atoms with Gasteiger partial charge in [-0.25, -0.2) is 4.68 Å². The molecule has 1 saturated heterocycles. The number of amides is 2. The summed E-state index contributed by atoms with van der Waals surface area (Å²) in [7, 11) is 0. The van der Waals surface area contributed by atoms with Gasteiger partial charge in [0.25, 0.3) is 5.91 Å². The predicted octanol–water partition coefficient (Wildman–Crippen LogP) is 2.68. The topological polar surface area (TPSA) is 67.2 Å². The second kappa shape index (κ2) is 7.39. The molecule has 0 atom stereocenters. The number of carbonyl (C=O) groups excluding carboxylic acids is 2. The summed E-state index contributed by atoms with van der Waals surface area (Å²) in [5.74, 6) is -0.0152. The molecule has 7 heteroatoms. The number of aromatic nitrogens is 2. The highest BCUT2D eigenvalue weighted by atomic mass is 79.9. The van der Waals surface area contributed by atoms with Crippen LogP contribution >= 0.6 is 15.9 Å². The quantitative estimate of drug-likeness (QED) is 0.854. The van der Waals surface area contributed by atoms with Gasteiger partial charge in [-0.1, -0.05) is 15.9 Å². The lowest BCUT2D eigenvalue weighted by Gasteiger charge is -2.32. The van der Waals surface area contributed by atoms with Gasteiger partial charge in [0.15, 0.2) is 0 Å². The molecule has 1 aromatic heterocycles. The van der Waals surface area contributed by atoms with E-state index in [0.29, 0.717) is 18.7 Å². The Bertz CT molecular complexity index is 777. The monoisotopic (exact) mass is 404 g/mol. The summed E-state index contributed by atoms with van der Waals surface area (Å²) in [4.78, 5) is 25.8. The minimum atomic E-state index is -0.0172. The number of hydrogen-bond acceptors (Lipinski definition) is 3. The van der Waals surface area contributed by atoms with Crippen molar-refractivity contribution in [2.45, 2.75) is 32.7 Å². The molecular formula is C18H21BrN4O2. The van der Waals surface area contributed by atoms with E-state index in [-0.39, 0.29) is 17.9 Å². The second-order valence-corrected chi connectivity index (χ2v) is 7.21. The Kier molecular flexibility index (Phi) is 5.22. The molecule has 0 aliphatic carbocycles. The van der Waals surface area contributed by atoms with E-state index in [2.05, 4.69) is 26.3 Å². The van der Waals surface area contributed by atoms with Crippen LogP contribution in [-0.4, -0.2) is 45.6 Å². The number of likely N-dealkylation sites (tertiary alicyclic amines) is 1. The van der Waals surface area contributed by atoms with E-state index in [1.165, 1.54) is 6.92 Å². The van der Waals surface area contributed by atoms with E-state index >= 15 is 0 Å². The zero-order valence-corrected chi connectivity index (χ0v) is 15.9. The summed E-state index contributed by atoms with van der Waals surface area (Å²) < 4.78 is 2.78. The zero-order chi connectivity index (χ0) is 18.0. The first-order valence-corrected chi connectivity index (χ1v) is 9.12. The molecular weight excluding hydrogens is 384 g/mol. The summed E-state index contributed by atoms with van der Waals surface area (Å²) in [5.41, 5.74) is 2.38. The van der Waals surface area contributed by atoms with Crippen molar-refractivity contribution in [3.63, 3.8) is 0 Å². The Labute approximate surface area is 155 Å². The molecule has 1 fully saturated rings. The lowest BCUT2D eigenvalue weighted by atomic mass is 10.0. The largest absolute Gasteiger partial charge is 0.353 e. The van der Waals surface area contributed by atoms with E-state index in [1.807, 2.05) is 36.1 Å². The van der Waals surface area contributed by atoms with Gasteiger partial charge in [-0.05, 0) is 44.0 Å². The molecule has 1 N–H and O–H groups in total. The lowest BCUT2D eigenvalue weighted by Crippen LogP contribution is -2.46. The van der Waals surface area contributed by atoms with Gasteiger partial charge >= 0.3 is 0 Å². The van der Waals surface area contributed by atoms with Crippen LogP contribution < -0.4 is 5.32 Å². The summed E-state index contributed by atoms with van der Waals surface area (Å²) in [5, 5.41) is 7.31. The molecule has 1 aliphatic rings. The molecule has 2 aromatic rings. The van der Waals surface area contributed by atoms with Crippen LogP contribution in [0.4, 0.5) is 0 Å². The van der Waals surface area contributed by atoms with E-state index in [1.54, 1.807) is 10.9 Å². The van der Waals surface area contributed by atoms with Crippen LogP contribution in [0.15, 0.2) is 34.9 Å². The molecule has 132 valence electrons. The number of halogens is 1. The fraction of sp³-hybridized carbons (Fsp3) is 0.389. The Balaban J connectivity index is 1.71. The van der Waals surface area contributed by atoms with Crippen molar-refractivity contribution in [1.29, 1.82) is 0 Å². The van der Waals surface area contributed by atoms with Gasteiger partial charge < -0.3 is 10.2 Å². The van der Waals surface area contributed by atoms with Crippen molar-refractivity contribution in [3.05, 3.63) is 46.2 Å². The van der Waals surface area contributed by atoms with E-state index in [9.17, 15) is 9.59 Å². The number of benzene rings is 1. The third kappa shape index (κ3) is 3.92. The van der Waals surface area contributed by atoms with Crippen LogP contribution in [0.2, 0.25) is 0 Å². The van der Waals surface area contributed by atoms with Crippen LogP contribution in [0.5, 0.6) is 0 Å². The van der Waals surface area contributed by atoms with Gasteiger partial charge in [0.05, 0.1) is 23.1 Å². The van der Waals surface area contributed by atoms with Gasteiger partial charge in [0.1, 0.15) is 0 Å². The first-order valence-electron chi connectivity index (χ1n) is 8.32. The van der Waals surface area contributed by atoms with Crippen molar-refractivity contribution < 1.29 is 9.59 Å². The van der Waals surface area contributed by atoms with Crippen molar-refractivity contribution in [2.75, 3.05) is 13.1 Å². The van der Waals surface area contributed by atoms with Crippen molar-refractivity contribution in [1.82, 2.24) is 20.0 Å². The molecule has 6 nitrogen and oxygen atoms in total. The number of nitrogens with zero attached hydrogens (tertiary/aromatic N) is 3. The van der Waals surface area contributed by atoms with Crippen molar-refractivity contribution >= 4 is 27.7 Å². The first-order chi connectivity index (χ1) is 12.0. The molecule has 1 aliphatic heterocycles. The Morgan fingerprint density at radius 3 is 2.44 bits per heavy atom. The second-order valence-electron chi connectivity index (χ2n) is 6.30. The van der Waals surface area contributed by atoms with E-state index in [4.69, 9.17) is 0 Å². The minimum absolute atomic E-state index is 0.00198. The Hall–Kier alpha value is -2.15. The summed E-state index contributed by atoms with van der Waals surface area (Å²) in [6.07, 6.45) is 3.20. The Morgan fingerprint density at radius 2 is 1.84 bits per heavy atom. The molecule has 2 amide bonds. The summed E-state index contributed by atoms with van der Waals surface area (Å²) in [6.45, 7) is 4.73. The first kappa shape index (κ1) is 17.7. The molecule has 2 heterocycles. The molecule has 0 unspecified atom stereocenters. The number of hydrogen-bond donors (Lipinski definition) is 1. The number of rotatable bonds is 3. The fourth-order valence-corrected chi connectivity index (χ4v) is 3.41. The van der Waals surface area contributed by atoms with E-state index in [0.717, 1.165) is 28.7 Å². The maximum Gasteiger partial charge on any atom is 0.257 e. The highest BCUT2D eigenvalue weighted by Crippen LogP contribution is 2.20. The Morgan fingerprint density at radius 1 is 1.20 bits per heavy atom. The minimum Gasteiger partial charge on any atom is -0.353 e. The fourth-order valence-electron chi connectivity index (χ4n) is 3.15. The van der Waals surface area contributed by atoms with Gasteiger partial charge in [-0.15, -0.1) is 0 Å². The number of piperidine rings is 1. The molecule has 0 saturated carbocycles. The van der Waals surface area contributed by atoms with Crippen molar-refractivity contribution in [2.24, 2.45) is 0 Å². The van der Waals surface area contributed by atoms with Crippen molar-refractivity contribution in [3.8, 4) is 5.69 Å². The smallest absolute Gasteiger partial charge is 0.257 e. The normalized spacial score (nSPS) is 15.2. The molecule has 1 aromatic carbocycles. The SMILES string of the molecule is CC(=O)NC1CCN(C(=O)c2cnn(-c3ccc(Br)cc3)c2C)CC1. The molecule has 3 rings (SSSR count).